The minimum atomic E-state index is -0.581. The normalized spacial score (nSPS) is 14.1. The molecule has 1 aromatic heterocycles. The van der Waals surface area contributed by atoms with E-state index in [1.165, 1.54) is 16.1 Å². The number of hydrogen-bond donors (Lipinski definition) is 2. The predicted octanol–water partition coefficient (Wildman–Crippen LogP) is 1.65. The van der Waals surface area contributed by atoms with Gasteiger partial charge in [0.2, 0.25) is 0 Å². The summed E-state index contributed by atoms with van der Waals surface area (Å²) in [5.41, 5.74) is 2.53. The van der Waals surface area contributed by atoms with Crippen LogP contribution in [0.25, 0.3) is 0 Å². The summed E-state index contributed by atoms with van der Waals surface area (Å²) in [4.78, 5) is 29.7. The van der Waals surface area contributed by atoms with Gasteiger partial charge in [-0.2, -0.15) is 0 Å². The first-order valence-corrected chi connectivity index (χ1v) is 10.0. The minimum Gasteiger partial charge on any atom is -0.361 e. The number of carbonyl (C=O) groups is 2. The second-order valence-electron chi connectivity index (χ2n) is 6.87. The molecule has 27 heavy (non-hydrogen) atoms. The maximum Gasteiger partial charge on any atom is 0.309 e. The van der Waals surface area contributed by atoms with Gasteiger partial charge < -0.3 is 20.4 Å². The van der Waals surface area contributed by atoms with Crippen molar-refractivity contribution < 1.29 is 9.59 Å². The Morgan fingerprint density at radius 2 is 1.93 bits per heavy atom. The number of hydrogen-bond acceptors (Lipinski definition) is 5. The molecule has 2 heterocycles. The molecule has 2 N–H and O–H groups in total. The van der Waals surface area contributed by atoms with Crippen molar-refractivity contribution in [2.75, 3.05) is 45.2 Å². The summed E-state index contributed by atoms with van der Waals surface area (Å²) in [5.74, 6) is -1.16. The first-order chi connectivity index (χ1) is 13.1. The molecule has 144 valence electrons. The molecule has 0 saturated heterocycles. The molecule has 0 spiro atoms. The molecule has 7 heteroatoms. The van der Waals surface area contributed by atoms with Crippen LogP contribution < -0.4 is 15.5 Å². The Morgan fingerprint density at radius 3 is 2.67 bits per heavy atom. The van der Waals surface area contributed by atoms with Crippen molar-refractivity contribution in [3.63, 3.8) is 0 Å². The zero-order valence-corrected chi connectivity index (χ0v) is 16.6. The summed E-state index contributed by atoms with van der Waals surface area (Å²) in [7, 11) is 3.84. The molecule has 0 unspecified atom stereocenters. The predicted molar refractivity (Wildman–Crippen MR) is 109 cm³/mol. The van der Waals surface area contributed by atoms with Crippen LogP contribution in [0, 0.1) is 0 Å². The fourth-order valence-corrected chi connectivity index (χ4v) is 4.11. The number of anilines is 1. The fourth-order valence-electron chi connectivity index (χ4n) is 3.28. The van der Waals surface area contributed by atoms with Gasteiger partial charge in [0, 0.05) is 36.7 Å². The number of fused-ring (bicyclic) bond motifs is 1. The van der Waals surface area contributed by atoms with Crippen LogP contribution in [-0.4, -0.2) is 57.0 Å². The van der Waals surface area contributed by atoms with Gasteiger partial charge in [-0.25, -0.2) is 0 Å². The molecule has 0 saturated carbocycles. The molecule has 0 bridgehead atoms. The van der Waals surface area contributed by atoms with Crippen molar-refractivity contribution in [3.05, 3.63) is 52.2 Å². The van der Waals surface area contributed by atoms with E-state index in [1.807, 2.05) is 36.5 Å². The lowest BCUT2D eigenvalue weighted by Gasteiger charge is -2.30. The molecule has 6 nitrogen and oxygen atoms in total. The van der Waals surface area contributed by atoms with Crippen LogP contribution in [0.5, 0.6) is 0 Å². The highest BCUT2D eigenvalue weighted by molar-refractivity contribution is 7.10. The van der Waals surface area contributed by atoms with Gasteiger partial charge in [-0.05, 0) is 43.6 Å². The van der Waals surface area contributed by atoms with Crippen LogP contribution >= 0.6 is 11.3 Å². The van der Waals surface area contributed by atoms with Crippen LogP contribution in [0.1, 0.15) is 16.5 Å². The summed E-state index contributed by atoms with van der Waals surface area (Å²) in [5, 5.41) is 7.51. The third-order valence-corrected chi connectivity index (χ3v) is 5.65. The third-order valence-electron chi connectivity index (χ3n) is 4.68. The topological polar surface area (TPSA) is 64.7 Å². The number of nitrogens with one attached hydrogen (secondary N) is 2. The number of rotatable bonds is 7. The molecule has 3 rings (SSSR count). The first kappa shape index (κ1) is 19.4. The van der Waals surface area contributed by atoms with Crippen molar-refractivity contribution in [1.82, 2.24) is 15.5 Å². The molecule has 0 fully saturated rings. The Labute approximate surface area is 164 Å². The molecule has 1 atom stereocenters. The van der Waals surface area contributed by atoms with E-state index in [0.29, 0.717) is 19.6 Å². The summed E-state index contributed by atoms with van der Waals surface area (Å²) in [6, 6.07) is 12.5. The number of thiophene rings is 1. The summed E-state index contributed by atoms with van der Waals surface area (Å²) < 4.78 is 0. The fraction of sp³-hybridized carbons (Fsp3) is 0.400. The van der Waals surface area contributed by atoms with Gasteiger partial charge in [-0.15, -0.1) is 11.3 Å². The van der Waals surface area contributed by atoms with Crippen LogP contribution in [0.2, 0.25) is 0 Å². The molecule has 0 radical (unpaired) electrons. The Hall–Kier alpha value is -2.38. The van der Waals surface area contributed by atoms with Crippen molar-refractivity contribution in [3.8, 4) is 0 Å². The second kappa shape index (κ2) is 9.01. The molecule has 1 aromatic carbocycles. The van der Waals surface area contributed by atoms with Crippen molar-refractivity contribution >= 4 is 28.8 Å². The average molecular weight is 387 g/mol. The van der Waals surface area contributed by atoms with Crippen LogP contribution in [0.15, 0.2) is 41.8 Å². The molecule has 1 aliphatic heterocycles. The molecular formula is C20H26N4O2S. The number of amides is 2. The van der Waals surface area contributed by atoms with Crippen LogP contribution in [0.4, 0.5) is 5.69 Å². The van der Waals surface area contributed by atoms with Gasteiger partial charge in [0.05, 0.1) is 6.04 Å². The van der Waals surface area contributed by atoms with E-state index >= 15 is 0 Å². The van der Waals surface area contributed by atoms with E-state index in [2.05, 4.69) is 39.8 Å². The minimum absolute atomic E-state index is 0.0205. The SMILES string of the molecule is CN(C)CCNC(=O)C(=O)NC[C@@H](c1cccs1)N1CCc2ccccc21. The number of para-hydroxylation sites is 1. The molecule has 0 aliphatic carbocycles. The third kappa shape index (κ3) is 4.87. The maximum absolute atomic E-state index is 12.2. The van der Waals surface area contributed by atoms with Gasteiger partial charge in [0.25, 0.3) is 0 Å². The molecule has 1 aliphatic rings. The van der Waals surface area contributed by atoms with Crippen LogP contribution in [-0.2, 0) is 16.0 Å². The zero-order valence-electron chi connectivity index (χ0n) is 15.8. The molecular weight excluding hydrogens is 360 g/mol. The maximum atomic E-state index is 12.2. The smallest absolute Gasteiger partial charge is 0.309 e. The summed E-state index contributed by atoms with van der Waals surface area (Å²) >= 11 is 1.67. The van der Waals surface area contributed by atoms with E-state index in [0.717, 1.165) is 13.0 Å². The highest BCUT2D eigenvalue weighted by Crippen LogP contribution is 2.36. The average Bonchev–Trinajstić information content (AvgIpc) is 3.32. The van der Waals surface area contributed by atoms with E-state index in [-0.39, 0.29) is 6.04 Å². The quantitative estimate of drug-likeness (QED) is 0.710. The van der Waals surface area contributed by atoms with Gasteiger partial charge in [0.15, 0.2) is 0 Å². The first-order valence-electron chi connectivity index (χ1n) is 9.15. The Balaban J connectivity index is 1.64. The standard InChI is InChI=1S/C20H26N4O2S/c1-23(2)12-10-21-19(25)20(26)22-14-17(18-8-5-13-27-18)24-11-9-15-6-3-4-7-16(15)24/h3-8,13,17H,9-12,14H2,1-2H3,(H,21,25)(H,22,26)/t17-/m0/s1. The zero-order chi connectivity index (χ0) is 19.2. The van der Waals surface area contributed by atoms with Crippen molar-refractivity contribution in [1.29, 1.82) is 0 Å². The summed E-state index contributed by atoms with van der Waals surface area (Å²) in [6.45, 7) is 2.45. The lowest BCUT2D eigenvalue weighted by Crippen LogP contribution is -2.45. The van der Waals surface area contributed by atoms with Gasteiger partial charge >= 0.3 is 11.8 Å². The monoisotopic (exact) mass is 386 g/mol. The Kier molecular flexibility index (Phi) is 6.47. The molecule has 2 aromatic rings. The van der Waals surface area contributed by atoms with E-state index in [1.54, 1.807) is 11.3 Å². The van der Waals surface area contributed by atoms with Crippen molar-refractivity contribution in [2.24, 2.45) is 0 Å². The van der Waals surface area contributed by atoms with Crippen LogP contribution in [0.3, 0.4) is 0 Å². The highest BCUT2D eigenvalue weighted by Gasteiger charge is 2.28. The Bertz CT molecular complexity index is 776. The van der Waals surface area contributed by atoms with Crippen molar-refractivity contribution in [2.45, 2.75) is 12.5 Å². The largest absolute Gasteiger partial charge is 0.361 e. The lowest BCUT2D eigenvalue weighted by molar-refractivity contribution is -0.139. The second-order valence-corrected chi connectivity index (χ2v) is 7.85. The van der Waals surface area contributed by atoms with E-state index in [4.69, 9.17) is 0 Å². The Morgan fingerprint density at radius 1 is 1.15 bits per heavy atom. The van der Waals surface area contributed by atoms with Gasteiger partial charge in [0.1, 0.15) is 0 Å². The lowest BCUT2D eigenvalue weighted by atomic mass is 10.1. The van der Waals surface area contributed by atoms with Gasteiger partial charge in [-0.3, -0.25) is 9.59 Å². The highest BCUT2D eigenvalue weighted by atomic mass is 32.1. The summed E-state index contributed by atoms with van der Waals surface area (Å²) in [6.07, 6.45) is 0.997. The number of carbonyl (C=O) groups excluding carboxylic acids is 2. The number of nitrogens with zero attached hydrogens (tertiary/aromatic N) is 2. The number of benzene rings is 1. The van der Waals surface area contributed by atoms with E-state index < -0.39 is 11.8 Å². The molecule has 2 amide bonds. The van der Waals surface area contributed by atoms with Gasteiger partial charge in [-0.1, -0.05) is 24.3 Å². The van der Waals surface area contributed by atoms with E-state index in [9.17, 15) is 9.59 Å². The number of likely N-dealkylation sites (N-methyl/N-ethyl adjacent to an activating group) is 1.